The van der Waals surface area contributed by atoms with E-state index in [2.05, 4.69) is 26.9 Å². The Balaban J connectivity index is 2.33. The minimum atomic E-state index is -0.0365. The third-order valence-electron chi connectivity index (χ3n) is 1.99. The van der Waals surface area contributed by atoms with Gasteiger partial charge in [-0.15, -0.1) is 0 Å². The van der Waals surface area contributed by atoms with Gasteiger partial charge in [0.15, 0.2) is 5.82 Å². The van der Waals surface area contributed by atoms with E-state index in [1.165, 1.54) is 11.5 Å². The summed E-state index contributed by atoms with van der Waals surface area (Å²) < 4.78 is 9.34. The normalized spacial score (nSPS) is 12.7. The van der Waals surface area contributed by atoms with E-state index in [0.717, 1.165) is 30.6 Å². The molecule has 1 aromatic rings. The predicted octanol–water partition coefficient (Wildman–Crippen LogP) is 1.27. The summed E-state index contributed by atoms with van der Waals surface area (Å²) in [6, 6.07) is 0. The minimum absolute atomic E-state index is 0.0365. The first kappa shape index (κ1) is 12.4. The fourth-order valence-corrected chi connectivity index (χ4v) is 1.68. The number of ether oxygens (including phenoxy) is 1. The maximum Gasteiger partial charge on any atom is 0.202 e. The van der Waals surface area contributed by atoms with Gasteiger partial charge in [0, 0.05) is 31.7 Å². The lowest BCUT2D eigenvalue weighted by Gasteiger charge is -2.03. The Morgan fingerprint density at radius 2 is 2.27 bits per heavy atom. The smallest absolute Gasteiger partial charge is 0.202 e. The van der Waals surface area contributed by atoms with E-state index in [1.54, 1.807) is 7.11 Å². The van der Waals surface area contributed by atoms with E-state index in [0.29, 0.717) is 0 Å². The van der Waals surface area contributed by atoms with Gasteiger partial charge in [0.2, 0.25) is 5.13 Å². The third kappa shape index (κ3) is 4.11. The molecule has 0 aliphatic rings. The number of hydrogen-bond acceptors (Lipinski definition) is 6. The highest BCUT2D eigenvalue weighted by molar-refractivity contribution is 7.09. The summed E-state index contributed by atoms with van der Waals surface area (Å²) in [5.74, 6) is 0.744. The molecular formula is C9H18N4OS. The fraction of sp³-hybridized carbons (Fsp3) is 0.778. The van der Waals surface area contributed by atoms with Gasteiger partial charge in [-0.1, -0.05) is 6.92 Å². The summed E-state index contributed by atoms with van der Waals surface area (Å²) in [6.07, 6.45) is -0.0365. The van der Waals surface area contributed by atoms with E-state index in [-0.39, 0.29) is 6.10 Å². The summed E-state index contributed by atoms with van der Waals surface area (Å²) in [4.78, 5) is 4.32. The second-order valence-corrected chi connectivity index (χ2v) is 3.87. The van der Waals surface area contributed by atoms with Crippen molar-refractivity contribution in [2.45, 2.75) is 20.0 Å². The van der Waals surface area contributed by atoms with Crippen molar-refractivity contribution in [2.75, 3.05) is 32.1 Å². The third-order valence-corrected chi connectivity index (χ3v) is 2.67. The van der Waals surface area contributed by atoms with Crippen molar-refractivity contribution in [2.24, 2.45) is 0 Å². The van der Waals surface area contributed by atoms with E-state index in [1.807, 2.05) is 6.92 Å². The second-order valence-electron chi connectivity index (χ2n) is 3.12. The standard InChI is InChI=1S/C9H18N4OS/c1-4-10-5-6-11-9-12-8(13-15-9)7(2)14-3/h7,10H,4-6H2,1-3H3,(H,11,12,13). The van der Waals surface area contributed by atoms with Crippen LogP contribution in [0.2, 0.25) is 0 Å². The van der Waals surface area contributed by atoms with Crippen LogP contribution >= 0.6 is 11.5 Å². The van der Waals surface area contributed by atoms with Crippen LogP contribution in [0.4, 0.5) is 5.13 Å². The van der Waals surface area contributed by atoms with Crippen LogP contribution in [-0.2, 0) is 4.74 Å². The van der Waals surface area contributed by atoms with E-state index >= 15 is 0 Å². The molecule has 15 heavy (non-hydrogen) atoms. The molecule has 0 aromatic carbocycles. The van der Waals surface area contributed by atoms with Crippen molar-refractivity contribution in [1.29, 1.82) is 0 Å². The van der Waals surface area contributed by atoms with Crippen molar-refractivity contribution in [3.63, 3.8) is 0 Å². The lowest BCUT2D eigenvalue weighted by molar-refractivity contribution is 0.113. The molecule has 0 fully saturated rings. The molecule has 0 spiro atoms. The molecule has 0 amide bonds. The molecule has 0 aliphatic heterocycles. The van der Waals surface area contributed by atoms with Crippen LogP contribution in [0.25, 0.3) is 0 Å². The SMILES string of the molecule is CCNCCNc1nc(C(C)OC)ns1. The molecule has 1 aromatic heterocycles. The second kappa shape index (κ2) is 6.71. The van der Waals surface area contributed by atoms with Gasteiger partial charge in [-0.05, 0) is 13.5 Å². The number of hydrogen-bond donors (Lipinski definition) is 2. The first-order chi connectivity index (χ1) is 7.27. The highest BCUT2D eigenvalue weighted by Gasteiger charge is 2.10. The molecular weight excluding hydrogens is 212 g/mol. The van der Waals surface area contributed by atoms with Crippen molar-refractivity contribution >= 4 is 16.7 Å². The van der Waals surface area contributed by atoms with Crippen LogP contribution in [0.3, 0.4) is 0 Å². The number of anilines is 1. The Hall–Kier alpha value is -0.720. The molecule has 5 nitrogen and oxygen atoms in total. The van der Waals surface area contributed by atoms with Crippen LogP contribution < -0.4 is 10.6 Å². The van der Waals surface area contributed by atoms with Gasteiger partial charge in [-0.25, -0.2) is 4.98 Å². The Morgan fingerprint density at radius 3 is 2.93 bits per heavy atom. The fourth-order valence-electron chi connectivity index (χ4n) is 1.01. The van der Waals surface area contributed by atoms with Crippen LogP contribution in [-0.4, -0.2) is 36.1 Å². The number of nitrogens with one attached hydrogen (secondary N) is 2. The van der Waals surface area contributed by atoms with Gasteiger partial charge in [-0.2, -0.15) is 4.37 Å². The molecule has 1 rings (SSSR count). The lowest BCUT2D eigenvalue weighted by atomic mass is 10.4. The molecule has 6 heteroatoms. The number of methoxy groups -OCH3 is 1. The maximum atomic E-state index is 5.13. The predicted molar refractivity (Wildman–Crippen MR) is 62.4 cm³/mol. The van der Waals surface area contributed by atoms with Crippen molar-refractivity contribution in [1.82, 2.24) is 14.7 Å². The molecule has 0 aliphatic carbocycles. The molecule has 86 valence electrons. The van der Waals surface area contributed by atoms with Gasteiger partial charge in [0.1, 0.15) is 6.10 Å². The van der Waals surface area contributed by atoms with Gasteiger partial charge in [0.25, 0.3) is 0 Å². The van der Waals surface area contributed by atoms with Crippen LogP contribution in [0.5, 0.6) is 0 Å². The van der Waals surface area contributed by atoms with Crippen molar-refractivity contribution < 1.29 is 4.74 Å². The highest BCUT2D eigenvalue weighted by Crippen LogP contribution is 2.17. The molecule has 0 radical (unpaired) electrons. The Bertz CT molecular complexity index is 279. The largest absolute Gasteiger partial charge is 0.374 e. The van der Waals surface area contributed by atoms with Crippen molar-refractivity contribution in [3.8, 4) is 0 Å². The zero-order chi connectivity index (χ0) is 11.1. The molecule has 0 bridgehead atoms. The van der Waals surface area contributed by atoms with E-state index < -0.39 is 0 Å². The summed E-state index contributed by atoms with van der Waals surface area (Å²) in [5.41, 5.74) is 0. The zero-order valence-electron chi connectivity index (χ0n) is 9.41. The number of likely N-dealkylation sites (N-methyl/N-ethyl adjacent to an activating group) is 1. The van der Waals surface area contributed by atoms with E-state index in [9.17, 15) is 0 Å². The zero-order valence-corrected chi connectivity index (χ0v) is 10.2. The number of nitrogens with zero attached hydrogens (tertiary/aromatic N) is 2. The average Bonchev–Trinajstić information content (AvgIpc) is 2.72. The van der Waals surface area contributed by atoms with E-state index in [4.69, 9.17) is 4.74 Å². The number of rotatable bonds is 7. The Kier molecular flexibility index (Phi) is 5.52. The first-order valence-electron chi connectivity index (χ1n) is 5.09. The highest BCUT2D eigenvalue weighted by atomic mass is 32.1. The van der Waals surface area contributed by atoms with Gasteiger partial charge >= 0.3 is 0 Å². The van der Waals surface area contributed by atoms with Gasteiger partial charge < -0.3 is 15.4 Å². The number of aromatic nitrogens is 2. The summed E-state index contributed by atoms with van der Waals surface area (Å²) in [5, 5.41) is 7.29. The molecule has 0 saturated carbocycles. The molecule has 1 atom stereocenters. The van der Waals surface area contributed by atoms with Crippen LogP contribution in [0, 0.1) is 0 Å². The summed E-state index contributed by atoms with van der Waals surface area (Å²) >= 11 is 1.37. The van der Waals surface area contributed by atoms with Gasteiger partial charge in [-0.3, -0.25) is 0 Å². The van der Waals surface area contributed by atoms with Crippen LogP contribution in [0.1, 0.15) is 25.8 Å². The molecule has 0 saturated heterocycles. The maximum absolute atomic E-state index is 5.13. The van der Waals surface area contributed by atoms with Crippen LogP contribution in [0.15, 0.2) is 0 Å². The molecule has 1 heterocycles. The minimum Gasteiger partial charge on any atom is -0.374 e. The first-order valence-corrected chi connectivity index (χ1v) is 5.86. The summed E-state index contributed by atoms with van der Waals surface area (Å²) in [6.45, 7) is 6.81. The average molecular weight is 230 g/mol. The monoisotopic (exact) mass is 230 g/mol. The topological polar surface area (TPSA) is 59.1 Å². The molecule has 2 N–H and O–H groups in total. The lowest BCUT2D eigenvalue weighted by Crippen LogP contribution is -2.21. The van der Waals surface area contributed by atoms with Crippen molar-refractivity contribution in [3.05, 3.63) is 5.82 Å². The Morgan fingerprint density at radius 1 is 1.47 bits per heavy atom. The van der Waals surface area contributed by atoms with Gasteiger partial charge in [0.05, 0.1) is 0 Å². The quantitative estimate of drug-likeness (QED) is 0.691. The Labute approximate surface area is 94.4 Å². The summed E-state index contributed by atoms with van der Waals surface area (Å²) in [7, 11) is 1.66. The molecule has 1 unspecified atom stereocenters.